The van der Waals surface area contributed by atoms with E-state index in [0.717, 1.165) is 32.4 Å². The average molecular weight is 288 g/mol. The largest absolute Gasteiger partial charge is 0.351 e. The summed E-state index contributed by atoms with van der Waals surface area (Å²) in [5.74, 6) is 0. The Kier molecular flexibility index (Phi) is 4.86. The lowest BCUT2D eigenvalue weighted by atomic mass is 10.1. The Bertz CT molecular complexity index is 407. The molecule has 0 aromatic rings. The molecule has 17 heavy (non-hydrogen) atoms. The first-order valence-corrected chi connectivity index (χ1v) is 7.96. The van der Waals surface area contributed by atoms with Gasteiger partial charge in [0.25, 0.3) is 0 Å². The van der Waals surface area contributed by atoms with Crippen molar-refractivity contribution >= 4 is 20.6 Å². The molecule has 0 bridgehead atoms. The fraction of sp³-hybridized carbons (Fsp3) is 1.00. The molecule has 0 unspecified atom stereocenters. The van der Waals surface area contributed by atoms with Crippen LogP contribution in [0.3, 0.4) is 0 Å². The van der Waals surface area contributed by atoms with E-state index in [9.17, 15) is 16.8 Å². The minimum atomic E-state index is -4.95. The van der Waals surface area contributed by atoms with Gasteiger partial charge >= 0.3 is 20.6 Å². The van der Waals surface area contributed by atoms with Gasteiger partial charge in [0.15, 0.2) is 0 Å². The second-order valence-corrected chi connectivity index (χ2v) is 6.76. The van der Waals surface area contributed by atoms with Crippen LogP contribution in [-0.2, 0) is 20.6 Å². The van der Waals surface area contributed by atoms with E-state index in [2.05, 4.69) is 0 Å². The van der Waals surface area contributed by atoms with E-state index in [1.807, 2.05) is 4.90 Å². The molecule has 1 aliphatic rings. The van der Waals surface area contributed by atoms with Crippen LogP contribution in [0.4, 0.5) is 0 Å². The predicted molar refractivity (Wildman–Crippen MR) is 60.1 cm³/mol. The van der Waals surface area contributed by atoms with Gasteiger partial charge in [-0.1, -0.05) is 6.42 Å². The Morgan fingerprint density at radius 3 is 1.82 bits per heavy atom. The summed E-state index contributed by atoms with van der Waals surface area (Å²) < 4.78 is 60.2. The van der Waals surface area contributed by atoms with Crippen molar-refractivity contribution in [2.75, 3.05) is 26.2 Å². The Labute approximate surface area is 101 Å². The SMILES string of the molecule is O=S(=O)(O)N(CCN1CCCCC1)S(=O)(=O)O. The molecular formula is C7H16N2O6S2. The highest BCUT2D eigenvalue weighted by molar-refractivity contribution is 7.98. The van der Waals surface area contributed by atoms with Crippen LogP contribution in [0.15, 0.2) is 0 Å². The Balaban J connectivity index is 2.62. The van der Waals surface area contributed by atoms with E-state index in [1.54, 1.807) is 0 Å². The van der Waals surface area contributed by atoms with Gasteiger partial charge in [-0.2, -0.15) is 16.8 Å². The van der Waals surface area contributed by atoms with Crippen LogP contribution in [0.1, 0.15) is 19.3 Å². The van der Waals surface area contributed by atoms with Crippen molar-refractivity contribution in [2.24, 2.45) is 0 Å². The zero-order valence-electron chi connectivity index (χ0n) is 9.19. The second-order valence-electron chi connectivity index (χ2n) is 3.85. The van der Waals surface area contributed by atoms with Crippen molar-refractivity contribution < 1.29 is 25.9 Å². The van der Waals surface area contributed by atoms with Crippen molar-refractivity contribution in [3.8, 4) is 0 Å². The number of nitrogens with zero attached hydrogens (tertiary/aromatic N) is 2. The monoisotopic (exact) mass is 288 g/mol. The first-order chi connectivity index (χ1) is 7.71. The molecule has 0 spiro atoms. The summed E-state index contributed by atoms with van der Waals surface area (Å²) in [6.07, 6.45) is 3.03. The maximum Gasteiger partial charge on any atom is 0.351 e. The third-order valence-electron chi connectivity index (χ3n) is 2.56. The van der Waals surface area contributed by atoms with E-state index >= 15 is 0 Å². The van der Waals surface area contributed by atoms with E-state index < -0.39 is 27.2 Å². The fourth-order valence-corrected chi connectivity index (χ4v) is 3.33. The normalized spacial score (nSPS) is 19.7. The summed E-state index contributed by atoms with van der Waals surface area (Å²) >= 11 is 0. The van der Waals surface area contributed by atoms with Crippen LogP contribution in [0.5, 0.6) is 0 Å². The van der Waals surface area contributed by atoms with Crippen molar-refractivity contribution in [2.45, 2.75) is 19.3 Å². The summed E-state index contributed by atoms with van der Waals surface area (Å²) in [6, 6.07) is 0. The summed E-state index contributed by atoms with van der Waals surface area (Å²) in [5, 5.41) is 0. The molecule has 1 saturated heterocycles. The molecule has 1 aliphatic heterocycles. The average Bonchev–Trinajstić information content (AvgIpc) is 2.15. The molecule has 0 atom stereocenters. The number of hydrogen-bond donors (Lipinski definition) is 2. The van der Waals surface area contributed by atoms with Crippen molar-refractivity contribution in [1.82, 2.24) is 8.61 Å². The molecule has 1 fully saturated rings. The Hall–Kier alpha value is -0.260. The van der Waals surface area contributed by atoms with Gasteiger partial charge in [0, 0.05) is 13.1 Å². The van der Waals surface area contributed by atoms with Gasteiger partial charge in [-0.25, -0.2) is 0 Å². The maximum absolute atomic E-state index is 10.8. The number of likely N-dealkylation sites (tertiary alicyclic amines) is 1. The molecule has 10 heteroatoms. The van der Waals surface area contributed by atoms with E-state index in [4.69, 9.17) is 9.11 Å². The Morgan fingerprint density at radius 2 is 1.41 bits per heavy atom. The third-order valence-corrected chi connectivity index (χ3v) is 5.09. The highest BCUT2D eigenvalue weighted by Crippen LogP contribution is 2.10. The van der Waals surface area contributed by atoms with E-state index in [1.165, 1.54) is 0 Å². The van der Waals surface area contributed by atoms with Crippen LogP contribution in [0.2, 0.25) is 0 Å². The van der Waals surface area contributed by atoms with Gasteiger partial charge < -0.3 is 4.90 Å². The first kappa shape index (κ1) is 14.8. The van der Waals surface area contributed by atoms with Crippen LogP contribution < -0.4 is 0 Å². The summed E-state index contributed by atoms with van der Waals surface area (Å²) in [7, 11) is -9.91. The second kappa shape index (κ2) is 5.59. The summed E-state index contributed by atoms with van der Waals surface area (Å²) in [4.78, 5) is 1.88. The minimum absolute atomic E-state index is 0.152. The molecule has 1 rings (SSSR count). The van der Waals surface area contributed by atoms with Crippen LogP contribution in [0.25, 0.3) is 0 Å². The molecule has 0 saturated carbocycles. The van der Waals surface area contributed by atoms with Gasteiger partial charge in [-0.3, -0.25) is 9.11 Å². The molecule has 0 aromatic heterocycles. The van der Waals surface area contributed by atoms with Gasteiger partial charge in [0.2, 0.25) is 0 Å². The summed E-state index contributed by atoms with van der Waals surface area (Å²) in [5.41, 5.74) is 0. The van der Waals surface area contributed by atoms with E-state index in [0.29, 0.717) is 0 Å². The smallest absolute Gasteiger partial charge is 0.302 e. The van der Waals surface area contributed by atoms with Crippen LogP contribution in [-0.4, -0.2) is 60.7 Å². The van der Waals surface area contributed by atoms with Crippen molar-refractivity contribution in [1.29, 1.82) is 0 Å². The fourth-order valence-electron chi connectivity index (χ4n) is 1.76. The zero-order chi connectivity index (χ0) is 13.1. The highest BCUT2D eigenvalue weighted by Gasteiger charge is 2.31. The molecule has 102 valence electrons. The van der Waals surface area contributed by atoms with Crippen LogP contribution >= 0.6 is 0 Å². The number of piperidine rings is 1. The zero-order valence-corrected chi connectivity index (χ0v) is 10.8. The predicted octanol–water partition coefficient (Wildman–Crippen LogP) is -0.620. The molecule has 0 aliphatic carbocycles. The molecule has 8 nitrogen and oxygen atoms in total. The highest BCUT2D eigenvalue weighted by atomic mass is 32.3. The molecule has 0 aromatic carbocycles. The third kappa shape index (κ3) is 4.85. The van der Waals surface area contributed by atoms with Gasteiger partial charge in [-0.05, 0) is 29.6 Å². The van der Waals surface area contributed by atoms with Gasteiger partial charge in [0.05, 0.1) is 0 Å². The molecule has 2 N–H and O–H groups in total. The lowest BCUT2D eigenvalue weighted by Crippen LogP contribution is -2.42. The van der Waals surface area contributed by atoms with Gasteiger partial charge in [-0.15, -0.1) is 0 Å². The van der Waals surface area contributed by atoms with Crippen molar-refractivity contribution in [3.63, 3.8) is 0 Å². The topological polar surface area (TPSA) is 115 Å². The lowest BCUT2D eigenvalue weighted by molar-refractivity contribution is 0.220. The maximum atomic E-state index is 10.8. The van der Waals surface area contributed by atoms with E-state index in [-0.39, 0.29) is 10.3 Å². The molecule has 0 radical (unpaired) electrons. The number of rotatable bonds is 5. The van der Waals surface area contributed by atoms with Gasteiger partial charge in [0.1, 0.15) is 0 Å². The summed E-state index contributed by atoms with van der Waals surface area (Å²) in [6.45, 7) is 1.17. The number of hydrogen-bond acceptors (Lipinski definition) is 5. The quantitative estimate of drug-likeness (QED) is 0.648. The lowest BCUT2D eigenvalue weighted by Gasteiger charge is -2.27. The van der Waals surface area contributed by atoms with Crippen LogP contribution in [0, 0.1) is 0 Å². The Morgan fingerprint density at radius 1 is 0.941 bits per heavy atom. The standard InChI is InChI=1S/C7H16N2O6S2/c10-16(11,12)9(17(13,14)15)7-6-8-4-2-1-3-5-8/h1-7H2,(H,10,11,12)(H,13,14,15). The molecular weight excluding hydrogens is 272 g/mol. The minimum Gasteiger partial charge on any atom is -0.302 e. The molecule has 0 amide bonds. The van der Waals surface area contributed by atoms with Crippen molar-refractivity contribution in [3.05, 3.63) is 0 Å². The first-order valence-electron chi connectivity index (χ1n) is 5.16. The molecule has 1 heterocycles.